The highest BCUT2D eigenvalue weighted by Crippen LogP contribution is 2.35. The van der Waals surface area contributed by atoms with Crippen LogP contribution in [0.3, 0.4) is 0 Å². The van der Waals surface area contributed by atoms with Gasteiger partial charge in [-0.3, -0.25) is 9.59 Å². The van der Waals surface area contributed by atoms with Crippen LogP contribution in [0.4, 0.5) is 0 Å². The van der Waals surface area contributed by atoms with Crippen LogP contribution in [0.5, 0.6) is 0 Å². The third-order valence-corrected chi connectivity index (χ3v) is 5.72. The number of ether oxygens (including phenoxy) is 1. The van der Waals surface area contributed by atoms with Gasteiger partial charge in [-0.15, -0.1) is 0 Å². The summed E-state index contributed by atoms with van der Waals surface area (Å²) in [5.74, 6) is 1.53. The number of hydrogen-bond donors (Lipinski definition) is 0. The van der Waals surface area contributed by atoms with E-state index in [9.17, 15) is 9.59 Å². The highest BCUT2D eigenvalue weighted by atomic mass is 32.2. The fourth-order valence-electron chi connectivity index (χ4n) is 3.35. The van der Waals surface area contributed by atoms with Crippen molar-refractivity contribution in [2.24, 2.45) is 17.8 Å². The summed E-state index contributed by atoms with van der Waals surface area (Å²) in [6.45, 7) is 9.31. The van der Waals surface area contributed by atoms with E-state index in [4.69, 9.17) is 4.74 Å². The van der Waals surface area contributed by atoms with E-state index in [-0.39, 0.29) is 23.4 Å². The van der Waals surface area contributed by atoms with Gasteiger partial charge in [0, 0.05) is 18.8 Å². The Morgan fingerprint density at radius 1 is 1.46 bits per heavy atom. The molecule has 24 heavy (non-hydrogen) atoms. The molecule has 1 aromatic rings. The quantitative estimate of drug-likeness (QED) is 0.446. The van der Waals surface area contributed by atoms with Gasteiger partial charge in [0.2, 0.25) is 0 Å². The van der Waals surface area contributed by atoms with Crippen LogP contribution in [-0.4, -0.2) is 27.4 Å². The molecule has 1 heterocycles. The van der Waals surface area contributed by atoms with Crippen LogP contribution in [0.15, 0.2) is 22.2 Å². The molecule has 0 radical (unpaired) electrons. The smallest absolute Gasteiger partial charge is 0.316 e. The number of rotatable bonds is 6. The molecule has 1 fully saturated rings. The summed E-state index contributed by atoms with van der Waals surface area (Å²) in [7, 11) is 0. The number of aromatic nitrogens is 2. The first-order chi connectivity index (χ1) is 11.4. The lowest BCUT2D eigenvalue weighted by Gasteiger charge is -2.36. The van der Waals surface area contributed by atoms with E-state index in [1.165, 1.54) is 24.2 Å². The van der Waals surface area contributed by atoms with Crippen molar-refractivity contribution in [2.75, 3.05) is 5.75 Å². The Bertz CT molecular complexity index is 615. The van der Waals surface area contributed by atoms with Crippen molar-refractivity contribution in [1.82, 2.24) is 9.55 Å². The molecule has 1 saturated carbocycles. The third-order valence-electron chi connectivity index (χ3n) is 4.75. The zero-order valence-electron chi connectivity index (χ0n) is 15.0. The summed E-state index contributed by atoms with van der Waals surface area (Å²) in [6, 6.07) is 1.43. The minimum absolute atomic E-state index is 0.0129. The summed E-state index contributed by atoms with van der Waals surface area (Å²) in [5, 5.41) is 0.569. The normalized spacial score (nSPS) is 24.1. The molecule has 0 N–H and O–H groups in total. The Hall–Kier alpha value is -1.30. The molecular formula is C18H28N2O3S. The molecule has 3 atom stereocenters. The first kappa shape index (κ1) is 19.0. The van der Waals surface area contributed by atoms with Gasteiger partial charge in [-0.05, 0) is 37.5 Å². The molecule has 134 valence electrons. The monoisotopic (exact) mass is 352 g/mol. The number of thioether (sulfide) groups is 1. The highest BCUT2D eigenvalue weighted by molar-refractivity contribution is 7.99. The van der Waals surface area contributed by atoms with Crippen molar-refractivity contribution in [1.29, 1.82) is 0 Å². The summed E-state index contributed by atoms with van der Waals surface area (Å²) in [4.78, 5) is 27.7. The van der Waals surface area contributed by atoms with Crippen molar-refractivity contribution in [3.05, 3.63) is 22.6 Å². The standard InChI is InChI=1S/C18H28N2O3S/c1-5-20-9-8-16(21)19-18(20)24-11-17(22)23-15-10-13(4)6-7-14(15)12(2)3/h8-9,12-15H,5-7,10-11H2,1-4H3. The first-order valence-corrected chi connectivity index (χ1v) is 9.79. The lowest BCUT2D eigenvalue weighted by Crippen LogP contribution is -2.36. The SMILES string of the molecule is CCn1ccc(=O)nc1SCC(=O)OC1CC(C)CCC1C(C)C. The Morgan fingerprint density at radius 3 is 2.88 bits per heavy atom. The fraction of sp³-hybridized carbons (Fsp3) is 0.722. The van der Waals surface area contributed by atoms with Crippen molar-refractivity contribution >= 4 is 17.7 Å². The zero-order valence-corrected chi connectivity index (χ0v) is 15.8. The van der Waals surface area contributed by atoms with E-state index < -0.39 is 0 Å². The molecule has 1 aromatic heterocycles. The van der Waals surface area contributed by atoms with Gasteiger partial charge in [-0.2, -0.15) is 4.98 Å². The zero-order chi connectivity index (χ0) is 17.7. The molecule has 5 nitrogen and oxygen atoms in total. The van der Waals surface area contributed by atoms with Crippen LogP contribution in [0, 0.1) is 17.8 Å². The number of carbonyl (C=O) groups excluding carboxylic acids is 1. The molecule has 0 bridgehead atoms. The van der Waals surface area contributed by atoms with Crippen LogP contribution in [0.2, 0.25) is 0 Å². The third kappa shape index (κ3) is 5.10. The number of aryl methyl sites for hydroxylation is 1. The fourth-order valence-corrected chi connectivity index (χ4v) is 4.17. The molecule has 1 aliphatic carbocycles. The van der Waals surface area contributed by atoms with Gasteiger partial charge in [0.1, 0.15) is 6.10 Å². The van der Waals surface area contributed by atoms with Gasteiger partial charge in [0.05, 0.1) is 5.75 Å². The molecule has 0 aromatic carbocycles. The molecule has 0 amide bonds. The lowest BCUT2D eigenvalue weighted by molar-refractivity contribution is -0.152. The van der Waals surface area contributed by atoms with Crippen LogP contribution in [-0.2, 0) is 16.1 Å². The Balaban J connectivity index is 1.95. The van der Waals surface area contributed by atoms with E-state index in [0.717, 1.165) is 12.8 Å². The number of esters is 1. The number of hydrogen-bond acceptors (Lipinski definition) is 5. The van der Waals surface area contributed by atoms with Crippen molar-refractivity contribution in [2.45, 2.75) is 64.8 Å². The van der Waals surface area contributed by atoms with Gasteiger partial charge in [-0.1, -0.05) is 39.0 Å². The summed E-state index contributed by atoms with van der Waals surface area (Å²) in [6.07, 6.45) is 5.00. The van der Waals surface area contributed by atoms with Crippen LogP contribution < -0.4 is 5.56 Å². The number of carbonyl (C=O) groups is 1. The van der Waals surface area contributed by atoms with Crippen LogP contribution in [0.1, 0.15) is 47.0 Å². The predicted octanol–water partition coefficient (Wildman–Crippen LogP) is 3.36. The molecule has 0 spiro atoms. The van der Waals surface area contributed by atoms with E-state index in [0.29, 0.717) is 29.5 Å². The van der Waals surface area contributed by atoms with Gasteiger partial charge in [0.25, 0.3) is 5.56 Å². The van der Waals surface area contributed by atoms with Gasteiger partial charge >= 0.3 is 5.97 Å². The average Bonchev–Trinajstić information content (AvgIpc) is 2.53. The lowest BCUT2D eigenvalue weighted by atomic mass is 9.75. The average molecular weight is 353 g/mol. The van der Waals surface area contributed by atoms with Gasteiger partial charge in [0.15, 0.2) is 5.16 Å². The maximum Gasteiger partial charge on any atom is 0.316 e. The molecular weight excluding hydrogens is 324 g/mol. The Morgan fingerprint density at radius 2 is 2.21 bits per heavy atom. The van der Waals surface area contributed by atoms with Gasteiger partial charge in [-0.25, -0.2) is 0 Å². The van der Waals surface area contributed by atoms with Crippen molar-refractivity contribution in [3.63, 3.8) is 0 Å². The maximum atomic E-state index is 12.3. The second-order valence-electron chi connectivity index (χ2n) is 6.98. The van der Waals surface area contributed by atoms with E-state index in [1.807, 2.05) is 11.5 Å². The molecule has 0 saturated heterocycles. The molecule has 2 rings (SSSR count). The highest BCUT2D eigenvalue weighted by Gasteiger charge is 2.33. The maximum absolute atomic E-state index is 12.3. The summed E-state index contributed by atoms with van der Waals surface area (Å²) < 4.78 is 7.65. The summed E-state index contributed by atoms with van der Waals surface area (Å²) >= 11 is 1.27. The minimum Gasteiger partial charge on any atom is -0.461 e. The first-order valence-electron chi connectivity index (χ1n) is 8.80. The van der Waals surface area contributed by atoms with Crippen molar-refractivity contribution in [3.8, 4) is 0 Å². The van der Waals surface area contributed by atoms with E-state index in [2.05, 4.69) is 25.8 Å². The predicted molar refractivity (Wildman–Crippen MR) is 96.1 cm³/mol. The second-order valence-corrected chi connectivity index (χ2v) is 7.92. The second kappa shape index (κ2) is 8.70. The van der Waals surface area contributed by atoms with E-state index >= 15 is 0 Å². The topological polar surface area (TPSA) is 61.2 Å². The molecule has 1 aliphatic rings. The Labute approximate surface area is 148 Å². The molecule has 6 heteroatoms. The minimum atomic E-state index is -0.281. The van der Waals surface area contributed by atoms with Crippen molar-refractivity contribution < 1.29 is 9.53 Å². The van der Waals surface area contributed by atoms with Crippen LogP contribution in [0.25, 0.3) is 0 Å². The summed E-state index contributed by atoms with van der Waals surface area (Å²) in [5.41, 5.74) is -0.281. The van der Waals surface area contributed by atoms with Gasteiger partial charge < -0.3 is 9.30 Å². The van der Waals surface area contributed by atoms with Crippen LogP contribution >= 0.6 is 11.8 Å². The number of nitrogens with zero attached hydrogens (tertiary/aromatic N) is 2. The molecule has 3 unspecified atom stereocenters. The Kier molecular flexibility index (Phi) is 6.90. The molecule has 0 aliphatic heterocycles. The van der Waals surface area contributed by atoms with E-state index in [1.54, 1.807) is 6.20 Å². The largest absolute Gasteiger partial charge is 0.461 e.